The second kappa shape index (κ2) is 9.63. The maximum absolute atomic E-state index is 13.4. The number of H-pyrrole nitrogens is 1. The number of nitrogens with one attached hydrogen (secondary N) is 1. The normalized spacial score (nSPS) is 21.3. The zero-order chi connectivity index (χ0) is 22.8. The van der Waals surface area contributed by atoms with Crippen LogP contribution in [0.3, 0.4) is 0 Å². The van der Waals surface area contributed by atoms with Gasteiger partial charge in [0.1, 0.15) is 11.8 Å². The number of hydrogen-bond donors (Lipinski definition) is 1. The highest BCUT2D eigenvalue weighted by Gasteiger charge is 2.34. The Morgan fingerprint density at radius 1 is 1.15 bits per heavy atom. The molecule has 1 aliphatic heterocycles. The van der Waals surface area contributed by atoms with Crippen LogP contribution in [-0.4, -0.2) is 49.8 Å². The topological polar surface area (TPSA) is 88.9 Å². The number of piperidine rings is 1. The van der Waals surface area contributed by atoms with Crippen molar-refractivity contribution >= 4 is 10.9 Å². The molecule has 1 saturated heterocycles. The Kier molecular flexibility index (Phi) is 6.44. The third kappa shape index (κ3) is 4.53. The van der Waals surface area contributed by atoms with Gasteiger partial charge in [-0.1, -0.05) is 26.2 Å². The summed E-state index contributed by atoms with van der Waals surface area (Å²) >= 11 is 0. The van der Waals surface area contributed by atoms with Gasteiger partial charge >= 0.3 is 0 Å². The van der Waals surface area contributed by atoms with E-state index in [0.717, 1.165) is 54.8 Å². The Hall–Kier alpha value is -2.74. The van der Waals surface area contributed by atoms with Gasteiger partial charge < -0.3 is 9.72 Å². The van der Waals surface area contributed by atoms with Crippen molar-refractivity contribution in [2.75, 3.05) is 19.7 Å². The van der Waals surface area contributed by atoms with Crippen LogP contribution in [0.15, 0.2) is 29.1 Å². The minimum atomic E-state index is -0.270. The molecular formula is C25H34N6O2. The highest BCUT2D eigenvalue weighted by atomic mass is 16.5. The summed E-state index contributed by atoms with van der Waals surface area (Å²) in [5.41, 5.74) is 1.44. The molecule has 2 aromatic heterocycles. The molecule has 3 aromatic rings. The van der Waals surface area contributed by atoms with Crippen molar-refractivity contribution in [3.8, 4) is 5.75 Å². The molecule has 0 bridgehead atoms. The minimum Gasteiger partial charge on any atom is -0.494 e. The lowest BCUT2D eigenvalue weighted by Gasteiger charge is -2.37. The van der Waals surface area contributed by atoms with Crippen molar-refractivity contribution in [2.24, 2.45) is 5.92 Å². The van der Waals surface area contributed by atoms with Crippen molar-refractivity contribution in [2.45, 2.75) is 70.9 Å². The van der Waals surface area contributed by atoms with Crippen molar-refractivity contribution in [1.29, 1.82) is 0 Å². The Bertz CT molecular complexity index is 1150. The van der Waals surface area contributed by atoms with Gasteiger partial charge in [-0.25, -0.2) is 4.68 Å². The maximum Gasteiger partial charge on any atom is 0.253 e. The zero-order valence-electron chi connectivity index (χ0n) is 19.7. The molecule has 0 unspecified atom stereocenters. The van der Waals surface area contributed by atoms with Crippen LogP contribution in [0.4, 0.5) is 0 Å². The first-order chi connectivity index (χ1) is 16.1. The molecule has 0 spiro atoms. The number of hydrogen-bond acceptors (Lipinski definition) is 6. The van der Waals surface area contributed by atoms with Crippen LogP contribution >= 0.6 is 0 Å². The SMILES string of the molecule is CCOc1ccc2[nH]c(=O)c([C@H](c3nnnn3C3CCCCC3)N3CCC[C@H](C)C3)cc2c1. The molecule has 2 fully saturated rings. The monoisotopic (exact) mass is 450 g/mol. The van der Waals surface area contributed by atoms with Gasteiger partial charge in [-0.3, -0.25) is 9.69 Å². The summed E-state index contributed by atoms with van der Waals surface area (Å²) in [6, 6.07) is 7.86. The molecule has 8 heteroatoms. The van der Waals surface area contributed by atoms with Gasteiger partial charge in [-0.15, -0.1) is 5.10 Å². The van der Waals surface area contributed by atoms with Crippen molar-refractivity contribution < 1.29 is 4.74 Å². The molecule has 1 N–H and O–H groups in total. The van der Waals surface area contributed by atoms with Gasteiger partial charge in [0.2, 0.25) is 0 Å². The Morgan fingerprint density at radius 3 is 2.79 bits per heavy atom. The van der Waals surface area contributed by atoms with Crippen molar-refractivity contribution in [1.82, 2.24) is 30.1 Å². The standard InChI is InChI=1S/C25H34N6O2/c1-3-33-20-11-12-22-18(14-20)15-21(25(32)26-22)23(30-13-7-8-17(2)16-30)24-27-28-29-31(24)19-9-5-4-6-10-19/h11-12,14-15,17,19,23H,3-10,13,16H2,1-2H3,(H,26,32)/t17-,23+/m0/s1. The largest absolute Gasteiger partial charge is 0.494 e. The summed E-state index contributed by atoms with van der Waals surface area (Å²) in [5, 5.41) is 14.0. The first-order valence-corrected chi connectivity index (χ1v) is 12.5. The van der Waals surface area contributed by atoms with Crippen LogP contribution in [0.1, 0.15) is 82.3 Å². The summed E-state index contributed by atoms with van der Waals surface area (Å²) in [5.74, 6) is 2.17. The quantitative estimate of drug-likeness (QED) is 0.604. The van der Waals surface area contributed by atoms with E-state index >= 15 is 0 Å². The fourth-order valence-electron chi connectivity index (χ4n) is 5.59. The van der Waals surface area contributed by atoms with Gasteiger partial charge in [-0.2, -0.15) is 0 Å². The van der Waals surface area contributed by atoms with Crippen LogP contribution in [-0.2, 0) is 0 Å². The molecule has 1 aromatic carbocycles. The molecule has 3 heterocycles. The lowest BCUT2D eigenvalue weighted by Crippen LogP contribution is -2.41. The van der Waals surface area contributed by atoms with E-state index in [4.69, 9.17) is 4.74 Å². The molecule has 5 rings (SSSR count). The number of likely N-dealkylation sites (tertiary alicyclic amines) is 1. The number of aromatic amines is 1. The predicted molar refractivity (Wildman–Crippen MR) is 127 cm³/mol. The predicted octanol–water partition coefficient (Wildman–Crippen LogP) is 4.24. The van der Waals surface area contributed by atoms with Crippen LogP contribution in [0.25, 0.3) is 10.9 Å². The van der Waals surface area contributed by atoms with Crippen LogP contribution in [0, 0.1) is 5.92 Å². The fourth-order valence-corrected chi connectivity index (χ4v) is 5.59. The number of rotatable bonds is 6. The molecular weight excluding hydrogens is 416 g/mol. The Morgan fingerprint density at radius 2 is 2.00 bits per heavy atom. The van der Waals surface area contributed by atoms with Gasteiger partial charge in [0.15, 0.2) is 5.82 Å². The summed E-state index contributed by atoms with van der Waals surface area (Å²) in [7, 11) is 0. The van der Waals surface area contributed by atoms with E-state index in [-0.39, 0.29) is 11.6 Å². The Labute approximate surface area is 194 Å². The summed E-state index contributed by atoms with van der Waals surface area (Å²) < 4.78 is 7.72. The second-order valence-corrected chi connectivity index (χ2v) is 9.65. The molecule has 8 nitrogen and oxygen atoms in total. The number of nitrogens with zero attached hydrogens (tertiary/aromatic N) is 5. The molecule has 2 aliphatic rings. The third-order valence-electron chi connectivity index (χ3n) is 7.19. The second-order valence-electron chi connectivity index (χ2n) is 9.65. The van der Waals surface area contributed by atoms with E-state index in [2.05, 4.69) is 32.3 Å². The van der Waals surface area contributed by atoms with Gasteiger partial charge in [0.25, 0.3) is 5.56 Å². The molecule has 1 aliphatic carbocycles. The molecule has 1 saturated carbocycles. The van der Waals surface area contributed by atoms with Crippen LogP contribution in [0.5, 0.6) is 5.75 Å². The molecule has 2 atom stereocenters. The number of tetrazole rings is 1. The maximum atomic E-state index is 13.4. The summed E-state index contributed by atoms with van der Waals surface area (Å²) in [4.78, 5) is 18.9. The lowest BCUT2D eigenvalue weighted by atomic mass is 9.93. The summed E-state index contributed by atoms with van der Waals surface area (Å²) in [6.07, 6.45) is 8.18. The average Bonchev–Trinajstić information content (AvgIpc) is 3.30. The Balaban J connectivity index is 1.62. The first kappa shape index (κ1) is 22.1. The third-order valence-corrected chi connectivity index (χ3v) is 7.19. The van der Waals surface area contributed by atoms with E-state index in [0.29, 0.717) is 24.1 Å². The zero-order valence-corrected chi connectivity index (χ0v) is 19.7. The number of pyridine rings is 1. The van der Waals surface area contributed by atoms with E-state index in [1.165, 1.54) is 25.7 Å². The lowest BCUT2D eigenvalue weighted by molar-refractivity contribution is 0.138. The van der Waals surface area contributed by atoms with Crippen molar-refractivity contribution in [3.63, 3.8) is 0 Å². The highest BCUT2D eigenvalue weighted by molar-refractivity contribution is 5.80. The van der Waals surface area contributed by atoms with Gasteiger partial charge in [0, 0.05) is 23.0 Å². The van der Waals surface area contributed by atoms with E-state index in [9.17, 15) is 4.79 Å². The first-order valence-electron chi connectivity index (χ1n) is 12.5. The van der Waals surface area contributed by atoms with E-state index in [1.807, 2.05) is 35.9 Å². The van der Waals surface area contributed by atoms with Crippen LogP contribution in [0.2, 0.25) is 0 Å². The average molecular weight is 451 g/mol. The van der Waals surface area contributed by atoms with Crippen LogP contribution < -0.4 is 10.3 Å². The molecule has 176 valence electrons. The van der Waals surface area contributed by atoms with Gasteiger partial charge in [-0.05, 0) is 79.8 Å². The number of aromatic nitrogens is 5. The molecule has 33 heavy (non-hydrogen) atoms. The number of benzene rings is 1. The highest BCUT2D eigenvalue weighted by Crippen LogP contribution is 2.35. The molecule has 0 radical (unpaired) electrons. The number of ether oxygens (including phenoxy) is 1. The fraction of sp³-hybridized carbons (Fsp3) is 0.600. The minimum absolute atomic E-state index is 0.0759. The molecule has 0 amide bonds. The van der Waals surface area contributed by atoms with E-state index in [1.54, 1.807) is 0 Å². The number of fused-ring (bicyclic) bond motifs is 1. The van der Waals surface area contributed by atoms with Gasteiger partial charge in [0.05, 0.1) is 12.6 Å². The van der Waals surface area contributed by atoms with Crippen molar-refractivity contribution in [3.05, 3.63) is 46.0 Å². The van der Waals surface area contributed by atoms with E-state index < -0.39 is 0 Å². The smallest absolute Gasteiger partial charge is 0.253 e. The summed E-state index contributed by atoms with van der Waals surface area (Å²) in [6.45, 7) is 6.72.